The van der Waals surface area contributed by atoms with Gasteiger partial charge in [0.05, 0.1) is 23.9 Å². The number of halogens is 2. The van der Waals surface area contributed by atoms with E-state index in [2.05, 4.69) is 27.2 Å². The summed E-state index contributed by atoms with van der Waals surface area (Å²) in [5.74, 6) is 5.62. The molecule has 1 fully saturated rings. The summed E-state index contributed by atoms with van der Waals surface area (Å²) in [7, 11) is 0. The van der Waals surface area contributed by atoms with Gasteiger partial charge in [-0.2, -0.15) is 10.2 Å². The lowest BCUT2D eigenvalue weighted by atomic mass is 10.0. The highest BCUT2D eigenvalue weighted by molar-refractivity contribution is 6.30. The summed E-state index contributed by atoms with van der Waals surface area (Å²) in [6, 6.07) is 14.4. The Morgan fingerprint density at radius 1 is 1.18 bits per heavy atom. The monoisotopic (exact) mass is 461 g/mol. The number of anilines is 1. The van der Waals surface area contributed by atoms with Crippen LogP contribution in [0.3, 0.4) is 0 Å². The third-order valence-electron chi connectivity index (χ3n) is 5.16. The molecule has 1 aliphatic rings. The van der Waals surface area contributed by atoms with Crippen molar-refractivity contribution in [3.05, 3.63) is 94.7 Å². The number of hydrogen-bond donors (Lipinski definition) is 1. The number of nitrogens with zero attached hydrogens (tertiary/aromatic N) is 4. The zero-order valence-electron chi connectivity index (χ0n) is 17.2. The van der Waals surface area contributed by atoms with E-state index in [1.807, 2.05) is 18.2 Å². The van der Waals surface area contributed by atoms with E-state index >= 15 is 0 Å². The van der Waals surface area contributed by atoms with E-state index in [4.69, 9.17) is 16.4 Å². The number of carbonyl (C=O) groups is 1. The maximum absolute atomic E-state index is 13.5. The molecule has 2 aromatic heterocycles. The van der Waals surface area contributed by atoms with E-state index in [0.29, 0.717) is 41.2 Å². The number of hydrogen-bond acceptors (Lipinski definition) is 4. The summed E-state index contributed by atoms with van der Waals surface area (Å²) in [5.41, 5.74) is 3.35. The van der Waals surface area contributed by atoms with E-state index in [1.165, 1.54) is 17.2 Å². The van der Waals surface area contributed by atoms with E-state index in [1.54, 1.807) is 41.2 Å². The summed E-state index contributed by atoms with van der Waals surface area (Å²) >= 11 is 5.91. The van der Waals surface area contributed by atoms with Crippen molar-refractivity contribution in [2.45, 2.75) is 12.5 Å². The van der Waals surface area contributed by atoms with Crippen molar-refractivity contribution >= 4 is 29.0 Å². The Balaban J connectivity index is 1.32. The van der Waals surface area contributed by atoms with Crippen molar-refractivity contribution in [2.24, 2.45) is 0 Å². The fourth-order valence-electron chi connectivity index (χ4n) is 3.60. The number of carbonyl (C=O) groups excluding carboxylic acids is 1. The second-order valence-corrected chi connectivity index (χ2v) is 7.74. The van der Waals surface area contributed by atoms with Crippen molar-refractivity contribution in [3.8, 4) is 11.8 Å². The molecule has 164 valence electrons. The fraction of sp³-hybridized carbons (Fsp3) is 0.125. The van der Waals surface area contributed by atoms with Crippen LogP contribution in [0.2, 0.25) is 5.02 Å². The zero-order valence-corrected chi connectivity index (χ0v) is 18.0. The number of fused-ring (bicyclic) bond motifs is 1. The minimum Gasteiger partial charge on any atom is -0.306 e. The molecule has 0 spiro atoms. The predicted octanol–water partition coefficient (Wildman–Crippen LogP) is 4.83. The first-order valence-electron chi connectivity index (χ1n) is 10.2. The van der Waals surface area contributed by atoms with Gasteiger partial charge in [0, 0.05) is 23.9 Å². The summed E-state index contributed by atoms with van der Waals surface area (Å²) in [5, 5.41) is 8.34. The molecule has 3 heterocycles. The number of hydroxylamine groups is 2. The number of rotatable bonds is 2. The topological polar surface area (TPSA) is 71.8 Å². The Labute approximate surface area is 193 Å². The molecule has 0 saturated carbocycles. The Bertz CT molecular complexity index is 1410. The van der Waals surface area contributed by atoms with Gasteiger partial charge in [0.25, 0.3) is 0 Å². The normalized spacial score (nSPS) is 15.3. The molecular weight excluding hydrogens is 445 g/mol. The molecule has 1 aliphatic heterocycles. The van der Waals surface area contributed by atoms with Gasteiger partial charge in [-0.3, -0.25) is 4.84 Å². The van der Waals surface area contributed by atoms with Gasteiger partial charge in [0.2, 0.25) is 0 Å². The lowest BCUT2D eigenvalue weighted by molar-refractivity contribution is -0.0829. The third-order valence-corrected chi connectivity index (χ3v) is 5.45. The van der Waals surface area contributed by atoms with Crippen molar-refractivity contribution in [2.75, 3.05) is 11.9 Å². The first-order chi connectivity index (χ1) is 16.1. The van der Waals surface area contributed by atoms with Crippen molar-refractivity contribution in [3.63, 3.8) is 0 Å². The quantitative estimate of drug-likeness (QED) is 0.434. The smallest absolute Gasteiger partial charge is 0.306 e. The minimum atomic E-state index is -0.507. The minimum absolute atomic E-state index is 0.00666. The highest BCUT2D eigenvalue weighted by Gasteiger charge is 2.32. The van der Waals surface area contributed by atoms with Crippen molar-refractivity contribution in [1.82, 2.24) is 19.7 Å². The Morgan fingerprint density at radius 2 is 2.09 bits per heavy atom. The average Bonchev–Trinajstić information content (AvgIpc) is 3.47. The van der Waals surface area contributed by atoms with E-state index in [9.17, 15) is 9.18 Å². The number of nitrogens with one attached hydrogen (secondary N) is 1. The molecule has 1 N–H and O–H groups in total. The van der Waals surface area contributed by atoms with Crippen molar-refractivity contribution in [1.29, 1.82) is 0 Å². The molecule has 1 saturated heterocycles. The maximum atomic E-state index is 13.5. The summed E-state index contributed by atoms with van der Waals surface area (Å²) in [6.07, 6.45) is 3.91. The van der Waals surface area contributed by atoms with Crippen LogP contribution < -0.4 is 5.32 Å². The average molecular weight is 462 g/mol. The number of benzene rings is 2. The molecule has 2 aromatic carbocycles. The predicted molar refractivity (Wildman–Crippen MR) is 121 cm³/mol. The van der Waals surface area contributed by atoms with Crippen LogP contribution >= 0.6 is 11.6 Å². The summed E-state index contributed by atoms with van der Waals surface area (Å²) in [6.45, 7) is 0.367. The molecule has 33 heavy (non-hydrogen) atoms. The molecule has 0 unspecified atom stereocenters. The molecule has 0 radical (unpaired) electrons. The third kappa shape index (κ3) is 4.37. The Kier molecular flexibility index (Phi) is 5.65. The standard InChI is InChI=1S/C24H17ClFN5O2/c25-20-14-17(7-9-21(20)26)22-10-12-33-31(22)24(32)29-18-4-1-3-16(13-18)6-8-19-15-27-23-5-2-11-28-30(19)23/h1-5,7,9,11,13-15,22H,10,12H2,(H,29,32)/t22-/m0/s1. The lowest BCUT2D eigenvalue weighted by Crippen LogP contribution is -2.33. The SMILES string of the molecule is O=C(Nc1cccc(C#Cc2cnc3cccnn23)c1)N1OCC[C@H]1c1ccc(F)c(Cl)c1. The maximum Gasteiger partial charge on any atom is 0.346 e. The number of amides is 2. The molecule has 9 heteroatoms. The van der Waals surface area contributed by atoms with Crippen LogP contribution in [0.25, 0.3) is 5.65 Å². The number of urea groups is 1. The number of imidazole rings is 1. The second kappa shape index (κ2) is 8.90. The van der Waals surface area contributed by atoms with Gasteiger partial charge in [-0.05, 0) is 53.9 Å². The van der Waals surface area contributed by atoms with Crippen molar-refractivity contribution < 1.29 is 14.0 Å². The molecule has 0 bridgehead atoms. The molecule has 7 nitrogen and oxygen atoms in total. The van der Waals surface area contributed by atoms with Gasteiger partial charge >= 0.3 is 6.03 Å². The lowest BCUT2D eigenvalue weighted by Gasteiger charge is -2.23. The first-order valence-corrected chi connectivity index (χ1v) is 10.6. The zero-order chi connectivity index (χ0) is 22.8. The fourth-order valence-corrected chi connectivity index (χ4v) is 3.78. The van der Waals surface area contributed by atoms with Gasteiger partial charge in [-0.1, -0.05) is 29.7 Å². The number of aromatic nitrogens is 3. The largest absolute Gasteiger partial charge is 0.346 e. The molecule has 4 aromatic rings. The van der Waals surface area contributed by atoms with Crippen LogP contribution in [-0.2, 0) is 4.84 Å². The van der Waals surface area contributed by atoms with Crippen LogP contribution in [0, 0.1) is 17.7 Å². The molecular formula is C24H17ClFN5O2. The van der Waals surface area contributed by atoms with Crippen LogP contribution in [-0.4, -0.2) is 32.3 Å². The summed E-state index contributed by atoms with van der Waals surface area (Å²) in [4.78, 5) is 22.7. The second-order valence-electron chi connectivity index (χ2n) is 7.34. The van der Waals surface area contributed by atoms with E-state index < -0.39 is 11.8 Å². The van der Waals surface area contributed by atoms with Gasteiger partial charge in [-0.25, -0.2) is 18.7 Å². The highest BCUT2D eigenvalue weighted by Crippen LogP contribution is 2.32. The van der Waals surface area contributed by atoms with Gasteiger partial charge in [-0.15, -0.1) is 0 Å². The molecule has 1 atom stereocenters. The van der Waals surface area contributed by atoms with Gasteiger partial charge in [0.15, 0.2) is 5.65 Å². The van der Waals surface area contributed by atoms with Gasteiger partial charge in [0.1, 0.15) is 11.5 Å². The molecule has 2 amide bonds. The first kappa shape index (κ1) is 20.9. The molecule has 5 rings (SSSR count). The van der Waals surface area contributed by atoms with Crippen LogP contribution in [0.4, 0.5) is 14.9 Å². The van der Waals surface area contributed by atoms with E-state index in [0.717, 1.165) is 0 Å². The van der Waals surface area contributed by atoms with Crippen LogP contribution in [0.15, 0.2) is 67.0 Å². The molecule has 0 aliphatic carbocycles. The van der Waals surface area contributed by atoms with Crippen LogP contribution in [0.5, 0.6) is 0 Å². The summed E-state index contributed by atoms with van der Waals surface area (Å²) < 4.78 is 15.2. The Hall–Kier alpha value is -3.93. The highest BCUT2D eigenvalue weighted by atomic mass is 35.5. The van der Waals surface area contributed by atoms with Crippen LogP contribution in [0.1, 0.15) is 29.3 Å². The Morgan fingerprint density at radius 3 is 2.97 bits per heavy atom. The van der Waals surface area contributed by atoms with E-state index in [-0.39, 0.29) is 11.1 Å². The van der Waals surface area contributed by atoms with Gasteiger partial charge < -0.3 is 5.32 Å².